The van der Waals surface area contributed by atoms with Gasteiger partial charge in [0.15, 0.2) is 0 Å². The normalized spacial score (nSPS) is 12.1. The van der Waals surface area contributed by atoms with Crippen LogP contribution in [0, 0.1) is 13.8 Å². The van der Waals surface area contributed by atoms with Crippen LogP contribution in [-0.4, -0.2) is 17.6 Å². The van der Waals surface area contributed by atoms with Crippen LogP contribution in [0.2, 0.25) is 0 Å². The number of aromatic nitrogens is 1. The number of hydrogen-bond donors (Lipinski definition) is 0. The molecular formula is C17H17NO3. The molecule has 0 saturated heterocycles. The molecule has 0 radical (unpaired) electrons. The van der Waals surface area contributed by atoms with E-state index < -0.39 is 0 Å². The Kier molecular flexibility index (Phi) is 3.37. The van der Waals surface area contributed by atoms with E-state index in [0.29, 0.717) is 24.5 Å². The lowest BCUT2D eigenvalue weighted by Gasteiger charge is -2.23. The lowest BCUT2D eigenvalue weighted by molar-refractivity contribution is 0.0525. The fourth-order valence-corrected chi connectivity index (χ4v) is 2.64. The summed E-state index contributed by atoms with van der Waals surface area (Å²) in [5.74, 6) is 0.470. The summed E-state index contributed by atoms with van der Waals surface area (Å²) in [6.45, 7) is 6.42. The molecule has 4 nitrogen and oxygen atoms in total. The highest BCUT2D eigenvalue weighted by Gasteiger charge is 2.26. The third kappa shape index (κ3) is 2.27. The number of nitrogens with zero attached hydrogens (tertiary/aromatic N) is 1. The van der Waals surface area contributed by atoms with Crippen LogP contribution in [0.15, 0.2) is 24.4 Å². The maximum atomic E-state index is 12.3. The zero-order valence-electron chi connectivity index (χ0n) is 12.4. The summed E-state index contributed by atoms with van der Waals surface area (Å²) < 4.78 is 10.9. The second kappa shape index (κ2) is 5.20. The molecule has 0 saturated carbocycles. The average Bonchev–Trinajstić information content (AvgIpc) is 2.47. The summed E-state index contributed by atoms with van der Waals surface area (Å²) in [5, 5.41) is 0. The molecule has 1 aliphatic rings. The number of carbonyl (C=O) groups excluding carboxylic acids is 1. The number of hydrogen-bond acceptors (Lipinski definition) is 4. The molecule has 0 fully saturated rings. The Bertz CT molecular complexity index is 722. The third-order valence-corrected chi connectivity index (χ3v) is 3.61. The van der Waals surface area contributed by atoms with E-state index in [-0.39, 0.29) is 5.97 Å². The van der Waals surface area contributed by atoms with E-state index in [2.05, 4.69) is 4.98 Å². The molecule has 3 rings (SSSR count). The van der Waals surface area contributed by atoms with Crippen molar-refractivity contribution in [2.75, 3.05) is 6.61 Å². The molecule has 21 heavy (non-hydrogen) atoms. The van der Waals surface area contributed by atoms with Crippen LogP contribution in [0.25, 0.3) is 11.1 Å². The second-order valence-electron chi connectivity index (χ2n) is 5.13. The first-order valence-corrected chi connectivity index (χ1v) is 7.01. The number of esters is 1. The summed E-state index contributed by atoms with van der Waals surface area (Å²) in [6, 6.07) is 5.98. The minimum absolute atomic E-state index is 0.325. The molecule has 1 aliphatic heterocycles. The molecule has 0 amide bonds. The highest BCUT2D eigenvalue weighted by molar-refractivity contribution is 6.00. The van der Waals surface area contributed by atoms with Crippen molar-refractivity contribution in [1.29, 1.82) is 0 Å². The van der Waals surface area contributed by atoms with E-state index in [1.807, 2.05) is 32.0 Å². The van der Waals surface area contributed by atoms with Gasteiger partial charge in [-0.3, -0.25) is 4.98 Å². The highest BCUT2D eigenvalue weighted by atomic mass is 16.5. The van der Waals surface area contributed by atoms with Gasteiger partial charge in [-0.05, 0) is 32.9 Å². The number of carbonyl (C=O) groups is 1. The van der Waals surface area contributed by atoms with Gasteiger partial charge in [-0.2, -0.15) is 0 Å². The lowest BCUT2D eigenvalue weighted by Crippen LogP contribution is -2.15. The van der Waals surface area contributed by atoms with Crippen LogP contribution in [0.5, 0.6) is 5.75 Å². The van der Waals surface area contributed by atoms with Crippen molar-refractivity contribution in [1.82, 2.24) is 4.98 Å². The molecule has 0 bridgehead atoms. The number of benzene rings is 1. The molecule has 0 atom stereocenters. The fraction of sp³-hybridized carbons (Fsp3) is 0.294. The minimum atomic E-state index is -0.325. The van der Waals surface area contributed by atoms with Gasteiger partial charge >= 0.3 is 5.97 Å². The van der Waals surface area contributed by atoms with E-state index in [1.54, 1.807) is 13.1 Å². The third-order valence-electron chi connectivity index (χ3n) is 3.61. The maximum absolute atomic E-state index is 12.3. The summed E-state index contributed by atoms with van der Waals surface area (Å²) in [4.78, 5) is 16.6. The van der Waals surface area contributed by atoms with Gasteiger partial charge < -0.3 is 9.47 Å². The van der Waals surface area contributed by atoms with Crippen LogP contribution in [-0.2, 0) is 11.3 Å². The lowest BCUT2D eigenvalue weighted by atomic mass is 9.91. The van der Waals surface area contributed by atoms with Crippen LogP contribution >= 0.6 is 0 Å². The summed E-state index contributed by atoms with van der Waals surface area (Å²) in [6.07, 6.45) is 1.78. The highest BCUT2D eigenvalue weighted by Crippen LogP contribution is 2.40. The predicted molar refractivity (Wildman–Crippen MR) is 79.4 cm³/mol. The number of aryl methyl sites for hydroxylation is 2. The van der Waals surface area contributed by atoms with E-state index in [1.165, 1.54) is 0 Å². The van der Waals surface area contributed by atoms with Crippen LogP contribution < -0.4 is 4.74 Å². The molecule has 2 heterocycles. The van der Waals surface area contributed by atoms with Crippen molar-refractivity contribution < 1.29 is 14.3 Å². The first-order chi connectivity index (χ1) is 10.1. The first-order valence-electron chi connectivity index (χ1n) is 7.01. The molecule has 1 aromatic heterocycles. The van der Waals surface area contributed by atoms with Gasteiger partial charge in [-0.25, -0.2) is 4.79 Å². The topological polar surface area (TPSA) is 48.4 Å². The monoisotopic (exact) mass is 283 g/mol. The Morgan fingerprint density at radius 3 is 2.95 bits per heavy atom. The molecular weight excluding hydrogens is 266 g/mol. The minimum Gasteiger partial charge on any atom is -0.488 e. The smallest absolute Gasteiger partial charge is 0.340 e. The van der Waals surface area contributed by atoms with E-state index in [9.17, 15) is 4.79 Å². The van der Waals surface area contributed by atoms with Gasteiger partial charge in [0.05, 0.1) is 17.9 Å². The number of ether oxygens (including phenoxy) is 2. The molecule has 108 valence electrons. The van der Waals surface area contributed by atoms with Gasteiger partial charge in [-0.15, -0.1) is 0 Å². The SMILES string of the molecule is CCOC(=O)c1c(C)ncc2c1-c1cc(C)ccc1OC2. The fourth-order valence-electron chi connectivity index (χ4n) is 2.64. The van der Waals surface area contributed by atoms with Gasteiger partial charge in [0.25, 0.3) is 0 Å². The Labute approximate surface area is 123 Å². The molecule has 0 unspecified atom stereocenters. The number of fused-ring (bicyclic) bond motifs is 3. The number of rotatable bonds is 2. The molecule has 2 aromatic rings. The molecule has 0 N–H and O–H groups in total. The van der Waals surface area contributed by atoms with Crippen LogP contribution in [0.3, 0.4) is 0 Å². The Morgan fingerprint density at radius 2 is 2.19 bits per heavy atom. The van der Waals surface area contributed by atoms with Gasteiger partial charge in [0.1, 0.15) is 12.4 Å². The van der Waals surface area contributed by atoms with Gasteiger partial charge in [0.2, 0.25) is 0 Å². The van der Waals surface area contributed by atoms with Gasteiger partial charge in [0, 0.05) is 22.9 Å². The van der Waals surface area contributed by atoms with Gasteiger partial charge in [-0.1, -0.05) is 11.6 Å². The van der Waals surface area contributed by atoms with E-state index >= 15 is 0 Å². The Hall–Kier alpha value is -2.36. The van der Waals surface area contributed by atoms with Crippen molar-refractivity contribution in [3.05, 3.63) is 46.8 Å². The van der Waals surface area contributed by atoms with E-state index in [0.717, 1.165) is 28.0 Å². The zero-order valence-corrected chi connectivity index (χ0v) is 12.4. The predicted octanol–water partition coefficient (Wildman–Crippen LogP) is 3.43. The zero-order chi connectivity index (χ0) is 15.0. The van der Waals surface area contributed by atoms with Crippen molar-refractivity contribution in [3.8, 4) is 16.9 Å². The Balaban J connectivity index is 2.27. The van der Waals surface area contributed by atoms with Crippen LogP contribution in [0.1, 0.15) is 34.1 Å². The largest absolute Gasteiger partial charge is 0.488 e. The second-order valence-corrected chi connectivity index (χ2v) is 5.13. The maximum Gasteiger partial charge on any atom is 0.340 e. The molecule has 0 spiro atoms. The van der Waals surface area contributed by atoms with Crippen molar-refractivity contribution >= 4 is 5.97 Å². The summed E-state index contributed by atoms with van der Waals surface area (Å²) >= 11 is 0. The standard InChI is InChI=1S/C17H17NO3/c1-4-20-17(19)15-11(3)18-8-12-9-21-14-6-5-10(2)7-13(14)16(12)15/h5-8H,4,9H2,1-3H3. The first kappa shape index (κ1) is 13.6. The molecule has 4 heteroatoms. The van der Waals surface area contributed by atoms with Crippen molar-refractivity contribution in [2.24, 2.45) is 0 Å². The average molecular weight is 283 g/mol. The number of pyridine rings is 1. The Morgan fingerprint density at radius 1 is 1.38 bits per heavy atom. The quantitative estimate of drug-likeness (QED) is 0.792. The summed E-state index contributed by atoms with van der Waals surface area (Å²) in [7, 11) is 0. The van der Waals surface area contributed by atoms with Crippen LogP contribution in [0.4, 0.5) is 0 Å². The molecule has 1 aromatic carbocycles. The molecule has 0 aliphatic carbocycles. The van der Waals surface area contributed by atoms with Crippen molar-refractivity contribution in [3.63, 3.8) is 0 Å². The summed E-state index contributed by atoms with van der Waals surface area (Å²) in [5.41, 5.74) is 5.10. The van der Waals surface area contributed by atoms with Crippen molar-refractivity contribution in [2.45, 2.75) is 27.4 Å². The van der Waals surface area contributed by atoms with E-state index in [4.69, 9.17) is 9.47 Å².